The van der Waals surface area contributed by atoms with E-state index in [1.54, 1.807) is 12.3 Å². The predicted molar refractivity (Wildman–Crippen MR) is 77.1 cm³/mol. The number of aromatic nitrogens is 4. The Balaban J connectivity index is 1.83. The Kier molecular flexibility index (Phi) is 3.70. The highest BCUT2D eigenvalue weighted by Crippen LogP contribution is 2.28. The van der Waals surface area contributed by atoms with Crippen molar-refractivity contribution in [2.24, 2.45) is 5.73 Å². The van der Waals surface area contributed by atoms with Crippen LogP contribution in [-0.4, -0.2) is 20.1 Å². The van der Waals surface area contributed by atoms with Crippen molar-refractivity contribution < 1.29 is 4.52 Å². The Labute approximate surface area is 122 Å². The van der Waals surface area contributed by atoms with Crippen LogP contribution in [0.5, 0.6) is 0 Å². The molecule has 0 aliphatic rings. The summed E-state index contributed by atoms with van der Waals surface area (Å²) in [6.45, 7) is 1.97. The number of nitrogens with two attached hydrogens (primary N) is 1. The fourth-order valence-corrected chi connectivity index (χ4v) is 2.06. The van der Waals surface area contributed by atoms with Crippen molar-refractivity contribution in [2.75, 3.05) is 0 Å². The average molecular weight is 281 g/mol. The Bertz CT molecular complexity index is 698. The number of rotatable bonds is 4. The van der Waals surface area contributed by atoms with E-state index in [4.69, 9.17) is 10.3 Å². The van der Waals surface area contributed by atoms with Crippen LogP contribution in [0.4, 0.5) is 0 Å². The van der Waals surface area contributed by atoms with Crippen molar-refractivity contribution in [3.8, 4) is 11.5 Å². The Hall–Kier alpha value is -2.60. The van der Waals surface area contributed by atoms with Gasteiger partial charge in [0.2, 0.25) is 11.7 Å². The lowest BCUT2D eigenvalue weighted by molar-refractivity contribution is 0.343. The third-order valence-electron chi connectivity index (χ3n) is 3.37. The maximum Gasteiger partial charge on any atom is 0.231 e. The van der Waals surface area contributed by atoms with Crippen LogP contribution >= 0.6 is 0 Å². The van der Waals surface area contributed by atoms with Crippen LogP contribution in [0.3, 0.4) is 0 Å². The maximum absolute atomic E-state index is 6.27. The minimum absolute atomic E-state index is 0.0875. The monoisotopic (exact) mass is 281 g/mol. The van der Waals surface area contributed by atoms with E-state index >= 15 is 0 Å². The molecule has 0 saturated heterocycles. The minimum Gasteiger partial charge on any atom is -0.339 e. The van der Waals surface area contributed by atoms with Gasteiger partial charge in [-0.3, -0.25) is 0 Å². The molecule has 2 unspecified atom stereocenters. The van der Waals surface area contributed by atoms with Crippen LogP contribution in [0.2, 0.25) is 0 Å². The van der Waals surface area contributed by atoms with Gasteiger partial charge in [-0.25, -0.2) is 9.97 Å². The summed E-state index contributed by atoms with van der Waals surface area (Å²) in [4.78, 5) is 12.3. The van der Waals surface area contributed by atoms with Gasteiger partial charge in [-0.1, -0.05) is 42.4 Å². The molecule has 2 atom stereocenters. The second-order valence-corrected chi connectivity index (χ2v) is 4.78. The Morgan fingerprint density at radius 2 is 1.95 bits per heavy atom. The summed E-state index contributed by atoms with van der Waals surface area (Å²) in [7, 11) is 0. The van der Waals surface area contributed by atoms with Gasteiger partial charge in [0.25, 0.3) is 0 Å². The van der Waals surface area contributed by atoms with Gasteiger partial charge in [0.1, 0.15) is 12.0 Å². The van der Waals surface area contributed by atoms with Gasteiger partial charge in [-0.2, -0.15) is 4.98 Å². The molecule has 106 valence electrons. The summed E-state index contributed by atoms with van der Waals surface area (Å²) >= 11 is 0. The highest BCUT2D eigenvalue weighted by atomic mass is 16.5. The van der Waals surface area contributed by atoms with Crippen molar-refractivity contribution in [3.63, 3.8) is 0 Å². The highest BCUT2D eigenvalue weighted by molar-refractivity contribution is 5.46. The van der Waals surface area contributed by atoms with Gasteiger partial charge < -0.3 is 10.3 Å². The van der Waals surface area contributed by atoms with Crippen LogP contribution in [0.1, 0.15) is 30.3 Å². The van der Waals surface area contributed by atoms with Crippen molar-refractivity contribution in [1.29, 1.82) is 0 Å². The molecule has 21 heavy (non-hydrogen) atoms. The smallest absolute Gasteiger partial charge is 0.231 e. The molecular weight excluding hydrogens is 266 g/mol. The van der Waals surface area contributed by atoms with Crippen LogP contribution in [0.15, 0.2) is 53.4 Å². The van der Waals surface area contributed by atoms with E-state index in [-0.39, 0.29) is 12.0 Å². The molecule has 3 aromatic rings. The van der Waals surface area contributed by atoms with E-state index in [1.807, 2.05) is 37.3 Å². The number of hydrogen-bond acceptors (Lipinski definition) is 6. The SMILES string of the molecule is CC(c1nc(-c2ccncn2)no1)C(N)c1ccccc1. The molecule has 1 aromatic carbocycles. The van der Waals surface area contributed by atoms with E-state index in [0.717, 1.165) is 5.56 Å². The summed E-state index contributed by atoms with van der Waals surface area (Å²) in [5.41, 5.74) is 7.92. The third-order valence-corrected chi connectivity index (χ3v) is 3.37. The topological polar surface area (TPSA) is 90.7 Å². The lowest BCUT2D eigenvalue weighted by Crippen LogP contribution is -2.17. The number of hydrogen-bond donors (Lipinski definition) is 1. The van der Waals surface area contributed by atoms with Crippen LogP contribution in [0.25, 0.3) is 11.5 Å². The van der Waals surface area contributed by atoms with Crippen LogP contribution < -0.4 is 5.73 Å². The largest absolute Gasteiger partial charge is 0.339 e. The van der Waals surface area contributed by atoms with Gasteiger partial charge in [0, 0.05) is 12.2 Å². The standard InChI is InChI=1S/C15H15N5O/c1-10(13(16)11-5-3-2-4-6-11)15-19-14(20-21-15)12-7-8-17-9-18-12/h2-10,13H,16H2,1H3. The summed E-state index contributed by atoms with van der Waals surface area (Å²) in [5.74, 6) is 0.856. The van der Waals surface area contributed by atoms with Crippen molar-refractivity contribution >= 4 is 0 Å². The molecule has 6 heteroatoms. The quantitative estimate of drug-likeness (QED) is 0.789. The molecule has 0 aliphatic carbocycles. The first-order valence-electron chi connectivity index (χ1n) is 6.66. The van der Waals surface area contributed by atoms with Gasteiger partial charge in [0.15, 0.2) is 0 Å². The third kappa shape index (κ3) is 2.80. The summed E-state index contributed by atoms with van der Waals surface area (Å²) < 4.78 is 5.32. The average Bonchev–Trinajstić information content (AvgIpc) is 3.05. The van der Waals surface area contributed by atoms with Crippen molar-refractivity contribution in [3.05, 3.63) is 60.4 Å². The summed E-state index contributed by atoms with van der Waals surface area (Å²) in [5, 5.41) is 3.95. The van der Waals surface area contributed by atoms with Crippen molar-refractivity contribution in [2.45, 2.75) is 18.9 Å². The summed E-state index contributed by atoms with van der Waals surface area (Å²) in [6, 6.07) is 11.4. The van der Waals surface area contributed by atoms with E-state index in [2.05, 4.69) is 20.1 Å². The minimum atomic E-state index is -0.204. The molecule has 0 radical (unpaired) electrons. The number of benzene rings is 1. The van der Waals surface area contributed by atoms with Gasteiger partial charge in [-0.15, -0.1) is 0 Å². The van der Waals surface area contributed by atoms with E-state index < -0.39 is 0 Å². The van der Waals surface area contributed by atoms with Gasteiger partial charge >= 0.3 is 0 Å². The fraction of sp³-hybridized carbons (Fsp3) is 0.200. The van der Waals surface area contributed by atoms with Crippen LogP contribution in [0, 0.1) is 0 Å². The van der Waals surface area contributed by atoms with Gasteiger partial charge in [0.05, 0.1) is 5.92 Å². The zero-order valence-electron chi connectivity index (χ0n) is 11.5. The van der Waals surface area contributed by atoms with E-state index in [0.29, 0.717) is 17.4 Å². The van der Waals surface area contributed by atoms with E-state index in [9.17, 15) is 0 Å². The molecule has 0 spiro atoms. The zero-order chi connectivity index (χ0) is 14.7. The van der Waals surface area contributed by atoms with Crippen molar-refractivity contribution in [1.82, 2.24) is 20.1 Å². The van der Waals surface area contributed by atoms with Crippen LogP contribution in [-0.2, 0) is 0 Å². The van der Waals surface area contributed by atoms with E-state index in [1.165, 1.54) is 6.33 Å². The second kappa shape index (κ2) is 5.80. The first kappa shape index (κ1) is 13.4. The Morgan fingerprint density at radius 3 is 2.67 bits per heavy atom. The molecule has 0 bridgehead atoms. The molecule has 0 fully saturated rings. The predicted octanol–water partition coefficient (Wildman–Crippen LogP) is 2.33. The Morgan fingerprint density at radius 1 is 1.14 bits per heavy atom. The molecular formula is C15H15N5O. The first-order chi connectivity index (χ1) is 10.3. The first-order valence-corrected chi connectivity index (χ1v) is 6.66. The number of nitrogens with zero attached hydrogens (tertiary/aromatic N) is 4. The molecule has 3 rings (SSSR count). The molecule has 2 N–H and O–H groups in total. The molecule has 0 saturated carbocycles. The molecule has 2 heterocycles. The molecule has 0 amide bonds. The molecule has 2 aromatic heterocycles. The maximum atomic E-state index is 6.27. The fourth-order valence-electron chi connectivity index (χ4n) is 2.06. The zero-order valence-corrected chi connectivity index (χ0v) is 11.5. The van der Waals surface area contributed by atoms with Gasteiger partial charge in [-0.05, 0) is 11.6 Å². The normalized spacial score (nSPS) is 13.8. The lowest BCUT2D eigenvalue weighted by Gasteiger charge is -2.16. The molecule has 0 aliphatic heterocycles. The molecule has 6 nitrogen and oxygen atoms in total. The summed E-state index contributed by atoms with van der Waals surface area (Å²) in [6.07, 6.45) is 3.09. The lowest BCUT2D eigenvalue weighted by atomic mass is 9.95. The second-order valence-electron chi connectivity index (χ2n) is 4.78. The highest BCUT2D eigenvalue weighted by Gasteiger charge is 2.23.